The van der Waals surface area contributed by atoms with Gasteiger partial charge in [0.05, 0.1) is 23.2 Å². The number of anilines is 1. The largest absolute Gasteiger partial charge is 0.370 e. The zero-order valence-electron chi connectivity index (χ0n) is 18.1. The van der Waals surface area contributed by atoms with Gasteiger partial charge in [0.15, 0.2) is 0 Å². The van der Waals surface area contributed by atoms with Gasteiger partial charge in [-0.2, -0.15) is 0 Å². The van der Waals surface area contributed by atoms with Crippen LogP contribution in [0.2, 0.25) is 5.02 Å². The molecule has 4 heterocycles. The Kier molecular flexibility index (Phi) is 5.55. The maximum absolute atomic E-state index is 14.9. The minimum absolute atomic E-state index is 0.159. The standard InChI is InChI=1S/C24H21ClFN5O2/c1-14-28-19-12-21(31-9-10-33-20(13-31)15-5-7-27-8-6-15)29-23(22(19)24(32)30(14)2)17-4-3-16(25)11-18(17)26/h3-8,11-12,20H,9-10,13H2,1-2H3/t20-/m0/s1. The molecule has 4 aromatic rings. The zero-order valence-corrected chi connectivity index (χ0v) is 18.9. The predicted octanol–water partition coefficient (Wildman–Crippen LogP) is 4.07. The van der Waals surface area contributed by atoms with Crippen LogP contribution in [0.4, 0.5) is 10.2 Å². The van der Waals surface area contributed by atoms with Crippen LogP contribution in [0.25, 0.3) is 22.2 Å². The lowest BCUT2D eigenvalue weighted by molar-refractivity contribution is 0.0395. The normalized spacial score (nSPS) is 16.4. The summed E-state index contributed by atoms with van der Waals surface area (Å²) in [6.07, 6.45) is 3.30. The number of pyridine rings is 2. The SMILES string of the molecule is Cc1nc2cc(N3CCO[C@H](c4ccncc4)C3)nc(-c3ccc(Cl)cc3F)c2c(=O)n1C. The van der Waals surface area contributed by atoms with Gasteiger partial charge in [-0.15, -0.1) is 0 Å². The molecule has 1 aliphatic heterocycles. The Morgan fingerprint density at radius 1 is 1.15 bits per heavy atom. The second-order valence-electron chi connectivity index (χ2n) is 7.96. The number of ether oxygens (including phenoxy) is 1. The summed E-state index contributed by atoms with van der Waals surface area (Å²) in [4.78, 5) is 28.7. The number of benzene rings is 1. The summed E-state index contributed by atoms with van der Waals surface area (Å²) in [6.45, 7) is 3.42. The molecule has 168 valence electrons. The molecule has 0 unspecified atom stereocenters. The van der Waals surface area contributed by atoms with Crippen molar-refractivity contribution in [2.24, 2.45) is 7.05 Å². The first-order valence-corrected chi connectivity index (χ1v) is 10.9. The summed E-state index contributed by atoms with van der Waals surface area (Å²) in [6, 6.07) is 9.98. The van der Waals surface area contributed by atoms with Crippen LogP contribution in [0, 0.1) is 12.7 Å². The number of fused-ring (bicyclic) bond motifs is 1. The number of aromatic nitrogens is 4. The molecule has 0 radical (unpaired) electrons. The van der Waals surface area contributed by atoms with Gasteiger partial charge in [-0.05, 0) is 42.8 Å². The van der Waals surface area contributed by atoms with E-state index in [1.807, 2.05) is 12.1 Å². The number of rotatable bonds is 3. The molecule has 0 aliphatic carbocycles. The van der Waals surface area contributed by atoms with Gasteiger partial charge in [-0.3, -0.25) is 14.3 Å². The van der Waals surface area contributed by atoms with Crippen molar-refractivity contribution in [1.82, 2.24) is 19.5 Å². The molecule has 1 atom stereocenters. The van der Waals surface area contributed by atoms with Crippen LogP contribution < -0.4 is 10.5 Å². The average Bonchev–Trinajstić information content (AvgIpc) is 2.82. The minimum Gasteiger partial charge on any atom is -0.370 e. The molecule has 0 N–H and O–H groups in total. The van der Waals surface area contributed by atoms with Crippen LogP contribution in [0.5, 0.6) is 0 Å². The number of hydrogen-bond acceptors (Lipinski definition) is 6. The van der Waals surface area contributed by atoms with Gasteiger partial charge in [0.25, 0.3) is 5.56 Å². The van der Waals surface area contributed by atoms with E-state index in [4.69, 9.17) is 21.3 Å². The van der Waals surface area contributed by atoms with Crippen molar-refractivity contribution >= 4 is 28.3 Å². The lowest BCUT2D eigenvalue weighted by atomic mass is 10.1. The summed E-state index contributed by atoms with van der Waals surface area (Å²) in [5, 5.41) is 0.541. The van der Waals surface area contributed by atoms with Crippen molar-refractivity contribution in [3.63, 3.8) is 0 Å². The molecule has 33 heavy (non-hydrogen) atoms. The molecule has 9 heteroatoms. The van der Waals surface area contributed by atoms with E-state index in [1.54, 1.807) is 44.6 Å². The van der Waals surface area contributed by atoms with Crippen molar-refractivity contribution in [2.45, 2.75) is 13.0 Å². The highest BCUT2D eigenvalue weighted by Gasteiger charge is 2.25. The molecule has 1 aromatic carbocycles. The van der Waals surface area contributed by atoms with Crippen molar-refractivity contribution in [2.75, 3.05) is 24.6 Å². The summed E-state index contributed by atoms with van der Waals surface area (Å²) in [5.74, 6) is 0.617. The maximum Gasteiger partial charge on any atom is 0.263 e. The highest BCUT2D eigenvalue weighted by Crippen LogP contribution is 2.32. The highest BCUT2D eigenvalue weighted by molar-refractivity contribution is 6.30. The van der Waals surface area contributed by atoms with Gasteiger partial charge in [-0.1, -0.05) is 11.6 Å². The average molecular weight is 466 g/mol. The molecule has 0 bridgehead atoms. The number of nitrogens with zero attached hydrogens (tertiary/aromatic N) is 5. The van der Waals surface area contributed by atoms with Crippen LogP contribution in [0.1, 0.15) is 17.5 Å². The summed E-state index contributed by atoms with van der Waals surface area (Å²) in [5.41, 5.74) is 1.65. The Bertz CT molecular complexity index is 1410. The fourth-order valence-corrected chi connectivity index (χ4v) is 4.22. The second kappa shape index (κ2) is 8.53. The molecule has 3 aromatic heterocycles. The molecule has 1 saturated heterocycles. The predicted molar refractivity (Wildman–Crippen MR) is 125 cm³/mol. The summed E-state index contributed by atoms with van der Waals surface area (Å²) < 4.78 is 22.3. The number of hydrogen-bond donors (Lipinski definition) is 0. The third-order valence-electron chi connectivity index (χ3n) is 5.93. The fourth-order valence-electron chi connectivity index (χ4n) is 4.06. The van der Waals surface area contributed by atoms with E-state index in [0.29, 0.717) is 36.9 Å². The van der Waals surface area contributed by atoms with Crippen LogP contribution in [0.15, 0.2) is 53.6 Å². The summed E-state index contributed by atoms with van der Waals surface area (Å²) >= 11 is 5.96. The van der Waals surface area contributed by atoms with Crippen LogP contribution in [-0.2, 0) is 11.8 Å². The van der Waals surface area contributed by atoms with Gasteiger partial charge >= 0.3 is 0 Å². The van der Waals surface area contributed by atoms with E-state index in [1.165, 1.54) is 10.6 Å². The topological polar surface area (TPSA) is 73.1 Å². The Balaban J connectivity index is 1.67. The van der Waals surface area contributed by atoms with E-state index in [2.05, 4.69) is 14.9 Å². The Morgan fingerprint density at radius 2 is 1.94 bits per heavy atom. The van der Waals surface area contributed by atoms with Gasteiger partial charge in [0, 0.05) is 49.2 Å². The van der Waals surface area contributed by atoms with Gasteiger partial charge in [0.1, 0.15) is 23.6 Å². The molecule has 1 aliphatic rings. The Labute approximate surface area is 194 Å². The molecular formula is C24H21ClFN5O2. The Morgan fingerprint density at radius 3 is 2.70 bits per heavy atom. The number of morpholine rings is 1. The van der Waals surface area contributed by atoms with Gasteiger partial charge in [0.2, 0.25) is 0 Å². The number of halogens is 2. The molecule has 1 fully saturated rings. The van der Waals surface area contributed by atoms with Crippen molar-refractivity contribution in [1.29, 1.82) is 0 Å². The van der Waals surface area contributed by atoms with Crippen molar-refractivity contribution in [3.8, 4) is 11.3 Å². The van der Waals surface area contributed by atoms with Crippen molar-refractivity contribution < 1.29 is 9.13 Å². The molecule has 0 amide bonds. The van der Waals surface area contributed by atoms with Crippen molar-refractivity contribution in [3.05, 3.63) is 81.4 Å². The van der Waals surface area contributed by atoms with Gasteiger partial charge in [-0.25, -0.2) is 14.4 Å². The Hall–Kier alpha value is -3.36. The third kappa shape index (κ3) is 3.96. The second-order valence-corrected chi connectivity index (χ2v) is 8.39. The lowest BCUT2D eigenvalue weighted by Crippen LogP contribution is -2.39. The first-order valence-electron chi connectivity index (χ1n) is 10.5. The molecule has 0 saturated carbocycles. The van der Waals surface area contributed by atoms with E-state index in [0.717, 1.165) is 5.56 Å². The molecule has 5 rings (SSSR count). The van der Waals surface area contributed by atoms with Crippen LogP contribution in [-0.4, -0.2) is 39.2 Å². The molecular weight excluding hydrogens is 445 g/mol. The zero-order chi connectivity index (χ0) is 23.1. The highest BCUT2D eigenvalue weighted by atomic mass is 35.5. The number of aryl methyl sites for hydroxylation is 1. The smallest absolute Gasteiger partial charge is 0.263 e. The van der Waals surface area contributed by atoms with Crippen LogP contribution >= 0.6 is 11.6 Å². The molecule has 7 nitrogen and oxygen atoms in total. The quantitative estimate of drug-likeness (QED) is 0.454. The van der Waals surface area contributed by atoms with E-state index in [-0.39, 0.29) is 33.3 Å². The van der Waals surface area contributed by atoms with E-state index >= 15 is 0 Å². The lowest BCUT2D eigenvalue weighted by Gasteiger charge is -2.34. The first-order chi connectivity index (χ1) is 15.9. The maximum atomic E-state index is 14.9. The third-order valence-corrected chi connectivity index (χ3v) is 6.16. The monoisotopic (exact) mass is 465 g/mol. The van der Waals surface area contributed by atoms with Gasteiger partial charge < -0.3 is 9.64 Å². The minimum atomic E-state index is -0.548. The van der Waals surface area contributed by atoms with Crippen LogP contribution in [0.3, 0.4) is 0 Å². The van der Waals surface area contributed by atoms with E-state index < -0.39 is 5.82 Å². The van der Waals surface area contributed by atoms with E-state index in [9.17, 15) is 9.18 Å². The molecule has 0 spiro atoms. The summed E-state index contributed by atoms with van der Waals surface area (Å²) in [7, 11) is 1.64. The first kappa shape index (κ1) is 21.5. The fraction of sp³-hybridized carbons (Fsp3) is 0.250.